The van der Waals surface area contributed by atoms with Gasteiger partial charge in [0.1, 0.15) is 5.75 Å². The first-order valence-corrected chi connectivity index (χ1v) is 6.60. The largest absolute Gasteiger partial charge is 0.426 e. The van der Waals surface area contributed by atoms with E-state index in [0.717, 1.165) is 10.2 Å². The molecule has 1 fully saturated rings. The van der Waals surface area contributed by atoms with Crippen LogP contribution in [-0.2, 0) is 4.79 Å². The molecule has 0 N–H and O–H groups in total. The fourth-order valence-corrected chi connectivity index (χ4v) is 2.76. The summed E-state index contributed by atoms with van der Waals surface area (Å²) in [6, 6.07) is 7.35. The molecule has 0 spiro atoms. The van der Waals surface area contributed by atoms with Crippen LogP contribution in [0.1, 0.15) is 6.92 Å². The number of esters is 1. The molecule has 0 aromatic heterocycles. The fraction of sp³-hybridized carbons (Fsp3) is 0.364. The van der Waals surface area contributed by atoms with Crippen molar-refractivity contribution in [2.24, 2.45) is 5.92 Å². The van der Waals surface area contributed by atoms with Gasteiger partial charge in [-0.2, -0.15) is 11.8 Å². The van der Waals surface area contributed by atoms with Gasteiger partial charge in [-0.25, -0.2) is 0 Å². The predicted molar refractivity (Wildman–Crippen MR) is 65.2 cm³/mol. The van der Waals surface area contributed by atoms with Crippen LogP contribution in [-0.4, -0.2) is 17.0 Å². The smallest absolute Gasteiger partial charge is 0.316 e. The van der Waals surface area contributed by atoms with Gasteiger partial charge in [0.25, 0.3) is 0 Å². The zero-order valence-corrected chi connectivity index (χ0v) is 10.7. The summed E-state index contributed by atoms with van der Waals surface area (Å²) in [7, 11) is 0. The summed E-state index contributed by atoms with van der Waals surface area (Å²) in [5.41, 5.74) is 0. The van der Waals surface area contributed by atoms with Crippen LogP contribution in [0.25, 0.3) is 0 Å². The minimum atomic E-state index is -0.112. The van der Waals surface area contributed by atoms with Crippen LogP contribution in [0.5, 0.6) is 5.75 Å². The van der Waals surface area contributed by atoms with Gasteiger partial charge in [-0.1, -0.05) is 28.9 Å². The number of hydrogen-bond donors (Lipinski definition) is 0. The molecule has 1 aromatic carbocycles. The Morgan fingerprint density at radius 3 is 2.93 bits per heavy atom. The minimum absolute atomic E-state index is 0.0639. The van der Waals surface area contributed by atoms with Gasteiger partial charge in [0, 0.05) is 15.5 Å². The molecule has 1 saturated heterocycles. The van der Waals surface area contributed by atoms with Crippen LogP contribution >= 0.6 is 27.7 Å². The molecule has 2 atom stereocenters. The van der Waals surface area contributed by atoms with Gasteiger partial charge in [0.15, 0.2) is 0 Å². The molecular formula is C11H11BrO2S. The summed E-state index contributed by atoms with van der Waals surface area (Å²) in [6.07, 6.45) is 0. The van der Waals surface area contributed by atoms with Crippen molar-refractivity contribution >= 4 is 33.7 Å². The third-order valence-corrected chi connectivity index (χ3v) is 4.32. The Bertz CT molecular complexity index is 381. The Morgan fingerprint density at radius 2 is 2.40 bits per heavy atom. The van der Waals surface area contributed by atoms with Crippen LogP contribution in [0, 0.1) is 5.92 Å². The molecule has 1 aliphatic heterocycles. The average molecular weight is 287 g/mol. The molecule has 0 aliphatic carbocycles. The Balaban J connectivity index is 1.99. The normalized spacial score (nSPS) is 24.4. The first kappa shape index (κ1) is 11.0. The SMILES string of the molecule is CC1SCC1C(=O)Oc1cccc(Br)c1. The van der Waals surface area contributed by atoms with Crippen molar-refractivity contribution < 1.29 is 9.53 Å². The van der Waals surface area contributed by atoms with Gasteiger partial charge in [0.05, 0.1) is 5.92 Å². The van der Waals surface area contributed by atoms with Gasteiger partial charge >= 0.3 is 5.97 Å². The lowest BCUT2D eigenvalue weighted by Crippen LogP contribution is -2.37. The van der Waals surface area contributed by atoms with E-state index in [0.29, 0.717) is 11.0 Å². The molecular weight excluding hydrogens is 276 g/mol. The topological polar surface area (TPSA) is 26.3 Å². The zero-order chi connectivity index (χ0) is 10.8. The monoisotopic (exact) mass is 286 g/mol. The molecule has 80 valence electrons. The first-order valence-electron chi connectivity index (χ1n) is 4.75. The number of rotatable bonds is 2. The lowest BCUT2D eigenvalue weighted by Gasteiger charge is -2.30. The van der Waals surface area contributed by atoms with Crippen molar-refractivity contribution in [3.63, 3.8) is 0 Å². The van der Waals surface area contributed by atoms with Gasteiger partial charge in [0.2, 0.25) is 0 Å². The Morgan fingerprint density at radius 1 is 1.60 bits per heavy atom. The Hall–Kier alpha value is -0.480. The zero-order valence-electron chi connectivity index (χ0n) is 8.27. The lowest BCUT2D eigenvalue weighted by molar-refractivity contribution is -0.138. The number of carbonyl (C=O) groups excluding carboxylic acids is 1. The van der Waals surface area contributed by atoms with Gasteiger partial charge in [-0.05, 0) is 18.2 Å². The number of carbonyl (C=O) groups is 1. The number of benzene rings is 1. The second-order valence-corrected chi connectivity index (χ2v) is 5.85. The second kappa shape index (κ2) is 4.58. The van der Waals surface area contributed by atoms with E-state index in [-0.39, 0.29) is 11.9 Å². The summed E-state index contributed by atoms with van der Waals surface area (Å²) in [6.45, 7) is 2.06. The van der Waals surface area contributed by atoms with E-state index in [9.17, 15) is 4.79 Å². The standard InChI is InChI=1S/C11H11BrO2S/c1-7-10(6-15-7)11(13)14-9-4-2-3-8(12)5-9/h2-5,7,10H,6H2,1H3. The molecule has 1 aromatic rings. The van der Waals surface area contributed by atoms with Crippen molar-refractivity contribution in [3.05, 3.63) is 28.7 Å². The van der Waals surface area contributed by atoms with Gasteiger partial charge < -0.3 is 4.74 Å². The molecule has 2 nitrogen and oxygen atoms in total. The number of hydrogen-bond acceptors (Lipinski definition) is 3. The van der Waals surface area contributed by atoms with Crippen molar-refractivity contribution in [2.75, 3.05) is 5.75 Å². The minimum Gasteiger partial charge on any atom is -0.426 e. The van der Waals surface area contributed by atoms with Crippen molar-refractivity contribution in [1.82, 2.24) is 0 Å². The molecule has 1 heterocycles. The van der Waals surface area contributed by atoms with E-state index in [2.05, 4.69) is 22.9 Å². The molecule has 0 saturated carbocycles. The predicted octanol–water partition coefficient (Wildman–Crippen LogP) is 3.11. The van der Waals surface area contributed by atoms with E-state index >= 15 is 0 Å². The molecule has 0 bridgehead atoms. The van der Waals surface area contributed by atoms with Gasteiger partial charge in [-0.3, -0.25) is 4.79 Å². The van der Waals surface area contributed by atoms with E-state index < -0.39 is 0 Å². The van der Waals surface area contributed by atoms with Gasteiger partial charge in [-0.15, -0.1) is 0 Å². The molecule has 2 rings (SSSR count). The Labute approximate surface area is 102 Å². The molecule has 0 radical (unpaired) electrons. The number of ether oxygens (including phenoxy) is 1. The molecule has 1 aliphatic rings. The molecule has 2 unspecified atom stereocenters. The van der Waals surface area contributed by atoms with Crippen LogP contribution in [0.2, 0.25) is 0 Å². The molecule has 15 heavy (non-hydrogen) atoms. The molecule has 4 heteroatoms. The van der Waals surface area contributed by atoms with E-state index in [1.165, 1.54) is 0 Å². The summed E-state index contributed by atoms with van der Waals surface area (Å²) in [5, 5.41) is 0.393. The van der Waals surface area contributed by atoms with E-state index in [4.69, 9.17) is 4.74 Å². The third-order valence-electron chi connectivity index (χ3n) is 2.42. The Kier molecular flexibility index (Phi) is 3.36. The van der Waals surface area contributed by atoms with Crippen molar-refractivity contribution in [1.29, 1.82) is 0 Å². The van der Waals surface area contributed by atoms with Crippen LogP contribution in [0.3, 0.4) is 0 Å². The van der Waals surface area contributed by atoms with E-state index in [1.807, 2.05) is 12.1 Å². The average Bonchev–Trinajstić information content (AvgIpc) is 2.15. The maximum absolute atomic E-state index is 11.7. The second-order valence-electron chi connectivity index (χ2n) is 3.52. The highest BCUT2D eigenvalue weighted by Gasteiger charge is 2.35. The maximum atomic E-state index is 11.7. The quantitative estimate of drug-likeness (QED) is 0.617. The van der Waals surface area contributed by atoms with Crippen LogP contribution in [0.15, 0.2) is 28.7 Å². The van der Waals surface area contributed by atoms with Crippen molar-refractivity contribution in [3.8, 4) is 5.75 Å². The van der Waals surface area contributed by atoms with Crippen LogP contribution < -0.4 is 4.74 Å². The number of halogens is 1. The summed E-state index contributed by atoms with van der Waals surface area (Å²) >= 11 is 5.14. The number of thioether (sulfide) groups is 1. The molecule has 0 amide bonds. The summed E-state index contributed by atoms with van der Waals surface area (Å²) in [4.78, 5) is 11.7. The summed E-state index contributed by atoms with van der Waals surface area (Å²) in [5.74, 6) is 1.44. The summed E-state index contributed by atoms with van der Waals surface area (Å²) < 4.78 is 6.21. The van der Waals surface area contributed by atoms with Crippen LogP contribution in [0.4, 0.5) is 0 Å². The van der Waals surface area contributed by atoms with Crippen molar-refractivity contribution in [2.45, 2.75) is 12.2 Å². The highest BCUT2D eigenvalue weighted by atomic mass is 79.9. The van der Waals surface area contributed by atoms with E-state index in [1.54, 1.807) is 23.9 Å². The lowest BCUT2D eigenvalue weighted by atomic mass is 10.1. The highest BCUT2D eigenvalue weighted by Crippen LogP contribution is 2.35. The highest BCUT2D eigenvalue weighted by molar-refractivity contribution is 9.10. The first-order chi connectivity index (χ1) is 7.16. The third kappa shape index (κ3) is 2.55. The fourth-order valence-electron chi connectivity index (χ4n) is 1.37. The maximum Gasteiger partial charge on any atom is 0.316 e.